The van der Waals surface area contributed by atoms with E-state index in [-0.39, 0.29) is 49.0 Å². The Morgan fingerprint density at radius 3 is 2.07 bits per heavy atom. The number of nitrogens with one attached hydrogen (secondary N) is 5. The van der Waals surface area contributed by atoms with Gasteiger partial charge in [0.1, 0.15) is 23.0 Å². The van der Waals surface area contributed by atoms with Crippen molar-refractivity contribution in [1.82, 2.24) is 36.4 Å². The molecule has 3 aliphatic carbocycles. The van der Waals surface area contributed by atoms with Crippen LogP contribution in [0.25, 0.3) is 0 Å². The molecule has 16 heteroatoms. The molecule has 0 aromatic rings. The number of rotatable bonds is 15. The fourth-order valence-corrected chi connectivity index (χ4v) is 8.40. The Morgan fingerprint density at radius 2 is 1.50 bits per heavy atom. The van der Waals surface area contributed by atoms with Crippen LogP contribution in [-0.2, 0) is 28.8 Å². The molecule has 4 rings (SSSR count). The zero-order valence-electron chi connectivity index (χ0n) is 33.6. The molecule has 7 atom stereocenters. The third-order valence-electron chi connectivity index (χ3n) is 11.4. The summed E-state index contributed by atoms with van der Waals surface area (Å²) in [6.45, 7) is 6.96. The predicted molar refractivity (Wildman–Crippen MR) is 214 cm³/mol. The zero-order valence-corrected chi connectivity index (χ0v) is 35.1. The number of halogens is 2. The van der Waals surface area contributed by atoms with Gasteiger partial charge >= 0.3 is 6.03 Å². The first-order valence-corrected chi connectivity index (χ1v) is 20.9. The van der Waals surface area contributed by atoms with Crippen LogP contribution in [-0.4, -0.2) is 113 Å². The summed E-state index contributed by atoms with van der Waals surface area (Å²) in [6.07, 6.45) is 14.7. The molecule has 3 fully saturated rings. The largest absolute Gasteiger partial charge is 0.347 e. The van der Waals surface area contributed by atoms with Gasteiger partial charge in [0.25, 0.3) is 5.91 Å². The lowest BCUT2D eigenvalue weighted by Gasteiger charge is -2.36. The fraction of sp³-hybridized carbons (Fsp3) is 0.725. The van der Waals surface area contributed by atoms with E-state index in [0.29, 0.717) is 0 Å². The molecule has 0 radical (unpaired) electrons. The topological polar surface area (TPSA) is 186 Å². The molecule has 0 aromatic carbocycles. The highest BCUT2D eigenvalue weighted by Crippen LogP contribution is 2.35. The van der Waals surface area contributed by atoms with Crippen molar-refractivity contribution in [1.29, 1.82) is 0 Å². The van der Waals surface area contributed by atoms with E-state index in [1.54, 1.807) is 14.1 Å². The molecule has 7 amide bonds. The third kappa shape index (κ3) is 12.4. The van der Waals surface area contributed by atoms with Crippen molar-refractivity contribution in [2.75, 3.05) is 27.2 Å². The number of likely N-dealkylation sites (N-methyl/N-ethyl adjacent to an activating group) is 1. The zero-order chi connectivity index (χ0) is 41.3. The maximum absolute atomic E-state index is 14.4. The first-order valence-electron chi connectivity index (χ1n) is 20.0. The highest BCUT2D eigenvalue weighted by molar-refractivity contribution is 6.44. The lowest BCUT2D eigenvalue weighted by Crippen LogP contribution is -2.60. The number of alkyl halides is 2. The summed E-state index contributed by atoms with van der Waals surface area (Å²) in [5, 5.41) is 13.6. The second-order valence-corrected chi connectivity index (χ2v) is 18.3. The smallest absolute Gasteiger partial charge is 0.315 e. The van der Waals surface area contributed by atoms with Crippen LogP contribution in [0.1, 0.15) is 91.9 Å². The average molecular weight is 823 g/mol. The van der Waals surface area contributed by atoms with E-state index < -0.39 is 82.4 Å². The Labute approximate surface area is 341 Å². The van der Waals surface area contributed by atoms with Crippen molar-refractivity contribution in [3.05, 3.63) is 24.3 Å². The SMILES string of the molecule is CC1C=CC=CC1[C@H](NC(=O)CNC(=O)C(=O)C(CC1CCC1)NC(=O)[C@@H]1C[C@@H](C(Cl)Cl)CN1C(=O)[C@@H](NC(=O)NC(C)(C)C)C1CCCCC1)C(=O)N(C)C. The molecular formula is C40H61Cl2N7O7. The lowest BCUT2D eigenvalue weighted by molar-refractivity contribution is -0.144. The van der Waals surface area contributed by atoms with E-state index in [9.17, 15) is 33.6 Å². The Hall–Kier alpha value is -3.65. The molecule has 4 aliphatic rings. The molecular weight excluding hydrogens is 761 g/mol. The number of hydrogen-bond donors (Lipinski definition) is 5. The van der Waals surface area contributed by atoms with E-state index in [0.717, 1.165) is 51.4 Å². The Balaban J connectivity index is 1.48. The number of carbonyl (C=O) groups excluding carboxylic acids is 7. The standard InChI is InChI=1S/C40H61Cl2N7O7/c1-23-13-10-11-18-27(23)32(37(54)48(5)6)45-30(50)21-43-36(53)33(51)28(19-24-14-12-15-24)44-35(52)29-20-26(34(41)42)22-49(29)38(55)31(25-16-8-7-9-17-25)46-39(56)47-40(2,3)4/h10-11,13,18,23-29,31-32,34H,7-9,12,14-17,19-22H2,1-6H3,(H,43,53)(H,44,52)(H,45,50)(H2,46,47,56)/t23?,26-,27?,28?,29+,31+,32+/m1/s1. The van der Waals surface area contributed by atoms with Gasteiger partial charge in [0.15, 0.2) is 0 Å². The minimum absolute atomic E-state index is 0.0373. The minimum Gasteiger partial charge on any atom is -0.347 e. The van der Waals surface area contributed by atoms with Crippen molar-refractivity contribution >= 4 is 64.6 Å². The van der Waals surface area contributed by atoms with Gasteiger partial charge in [0, 0.05) is 38.0 Å². The van der Waals surface area contributed by atoms with Crippen molar-refractivity contribution < 1.29 is 33.6 Å². The summed E-state index contributed by atoms with van der Waals surface area (Å²) in [7, 11) is 3.18. The fourth-order valence-electron chi connectivity index (χ4n) is 8.03. The van der Waals surface area contributed by atoms with Crippen molar-refractivity contribution in [3.8, 4) is 0 Å². The average Bonchev–Trinajstić information content (AvgIpc) is 3.58. The van der Waals surface area contributed by atoms with Crippen molar-refractivity contribution in [2.45, 2.75) is 126 Å². The van der Waals surface area contributed by atoms with Gasteiger partial charge in [-0.1, -0.05) is 69.8 Å². The number of hydrogen-bond acceptors (Lipinski definition) is 7. The number of urea groups is 1. The number of ketones is 1. The van der Waals surface area contributed by atoms with E-state index in [1.807, 2.05) is 52.0 Å². The van der Waals surface area contributed by atoms with E-state index in [1.165, 1.54) is 9.80 Å². The number of amides is 7. The lowest BCUT2D eigenvalue weighted by atomic mass is 9.80. The summed E-state index contributed by atoms with van der Waals surface area (Å²) in [6, 6.07) is -4.57. The van der Waals surface area contributed by atoms with Gasteiger partial charge in [-0.15, -0.1) is 23.2 Å². The monoisotopic (exact) mass is 821 g/mol. The van der Waals surface area contributed by atoms with Crippen LogP contribution < -0.4 is 26.6 Å². The summed E-state index contributed by atoms with van der Waals surface area (Å²) >= 11 is 12.7. The molecule has 0 spiro atoms. The third-order valence-corrected chi connectivity index (χ3v) is 12.1. The molecule has 1 saturated heterocycles. The molecule has 1 heterocycles. The van der Waals surface area contributed by atoms with Gasteiger partial charge in [0.2, 0.25) is 29.4 Å². The maximum atomic E-state index is 14.4. The minimum atomic E-state index is -1.22. The molecule has 56 heavy (non-hydrogen) atoms. The van der Waals surface area contributed by atoms with Crippen LogP contribution in [0.5, 0.6) is 0 Å². The quantitative estimate of drug-likeness (QED) is 0.124. The highest BCUT2D eigenvalue weighted by Gasteiger charge is 2.46. The number of nitrogens with zero attached hydrogens (tertiary/aromatic N) is 2. The van der Waals surface area contributed by atoms with Gasteiger partial charge in [-0.3, -0.25) is 28.8 Å². The van der Waals surface area contributed by atoms with Gasteiger partial charge in [0.05, 0.1) is 12.6 Å². The molecule has 0 bridgehead atoms. The number of Topliss-reactive ketones (excluding diaryl/α,β-unsaturated/α-hetero) is 1. The molecule has 312 valence electrons. The van der Waals surface area contributed by atoms with E-state index >= 15 is 0 Å². The molecule has 3 unspecified atom stereocenters. The van der Waals surface area contributed by atoms with Crippen LogP contribution in [0.2, 0.25) is 0 Å². The van der Waals surface area contributed by atoms with Crippen LogP contribution in [0.3, 0.4) is 0 Å². The van der Waals surface area contributed by atoms with Gasteiger partial charge < -0.3 is 36.4 Å². The summed E-state index contributed by atoms with van der Waals surface area (Å²) in [5.74, 6) is -4.86. The maximum Gasteiger partial charge on any atom is 0.315 e. The molecule has 14 nitrogen and oxygen atoms in total. The van der Waals surface area contributed by atoms with Gasteiger partial charge in [-0.05, 0) is 64.2 Å². The van der Waals surface area contributed by atoms with Gasteiger partial charge in [-0.2, -0.15) is 0 Å². The van der Waals surface area contributed by atoms with Crippen LogP contribution in [0.15, 0.2) is 24.3 Å². The second-order valence-electron chi connectivity index (χ2n) is 17.2. The van der Waals surface area contributed by atoms with Crippen molar-refractivity contribution in [3.63, 3.8) is 0 Å². The Morgan fingerprint density at radius 1 is 0.839 bits per heavy atom. The normalized spacial score (nSPS) is 24.3. The molecule has 2 saturated carbocycles. The van der Waals surface area contributed by atoms with Gasteiger partial charge in [-0.25, -0.2) is 4.79 Å². The summed E-state index contributed by atoms with van der Waals surface area (Å²) in [5.41, 5.74) is -0.551. The molecule has 1 aliphatic heterocycles. The predicted octanol–water partition coefficient (Wildman–Crippen LogP) is 3.37. The van der Waals surface area contributed by atoms with Crippen LogP contribution in [0.4, 0.5) is 4.79 Å². The van der Waals surface area contributed by atoms with Crippen molar-refractivity contribution in [2.24, 2.45) is 29.6 Å². The Kier molecular flexibility index (Phi) is 16.2. The Bertz CT molecular complexity index is 1520. The number of likely N-dealkylation sites (tertiary alicyclic amines) is 1. The first-order chi connectivity index (χ1) is 26.4. The first kappa shape index (κ1) is 45.1. The highest BCUT2D eigenvalue weighted by atomic mass is 35.5. The van der Waals surface area contributed by atoms with E-state index in [2.05, 4.69) is 26.6 Å². The second kappa shape index (κ2) is 20.2. The van der Waals surface area contributed by atoms with Crippen LogP contribution in [0, 0.1) is 29.6 Å². The van der Waals surface area contributed by atoms with E-state index in [4.69, 9.17) is 23.2 Å². The summed E-state index contributed by atoms with van der Waals surface area (Å²) in [4.78, 5) is 96.8. The molecule has 5 N–H and O–H groups in total. The molecule has 0 aromatic heterocycles. The summed E-state index contributed by atoms with van der Waals surface area (Å²) < 4.78 is 0. The number of allylic oxidation sites excluding steroid dienone is 3. The van der Waals surface area contributed by atoms with Crippen LogP contribution >= 0.6 is 23.2 Å². The number of carbonyl (C=O) groups is 7.